The van der Waals surface area contributed by atoms with Crippen LogP contribution in [0.3, 0.4) is 0 Å². The molecule has 0 bridgehead atoms. The lowest BCUT2D eigenvalue weighted by molar-refractivity contribution is 0.170. The van der Waals surface area contributed by atoms with E-state index in [1.54, 1.807) is 6.20 Å². The minimum atomic E-state index is -0.00508. The van der Waals surface area contributed by atoms with Gasteiger partial charge in [-0.15, -0.1) is 0 Å². The van der Waals surface area contributed by atoms with Crippen LogP contribution in [-0.4, -0.2) is 20.8 Å². The van der Waals surface area contributed by atoms with Gasteiger partial charge in [0.1, 0.15) is 11.9 Å². The zero-order valence-corrected chi connectivity index (χ0v) is 19.6. The minimum Gasteiger partial charge on any atom is -0.489 e. The highest BCUT2D eigenvalue weighted by atomic mass is 35.5. The van der Waals surface area contributed by atoms with Crippen LogP contribution in [0.5, 0.6) is 5.75 Å². The average molecular weight is 477 g/mol. The molecule has 0 aliphatic heterocycles. The molecule has 1 unspecified atom stereocenters. The predicted molar refractivity (Wildman–Crippen MR) is 139 cm³/mol. The molecule has 1 atom stereocenters. The van der Waals surface area contributed by atoms with E-state index in [1.165, 1.54) is 5.56 Å². The zero-order chi connectivity index (χ0) is 22.9. The maximum absolute atomic E-state index is 6.34. The van der Waals surface area contributed by atoms with Crippen molar-refractivity contribution in [2.45, 2.75) is 25.5 Å². The molecule has 5 nitrogen and oxygen atoms in total. The van der Waals surface area contributed by atoms with E-state index in [0.29, 0.717) is 5.11 Å². The molecule has 0 aliphatic rings. The maximum Gasteiger partial charge on any atom is 0.175 e. The van der Waals surface area contributed by atoms with Gasteiger partial charge in [-0.2, -0.15) is 0 Å². The highest BCUT2D eigenvalue weighted by Crippen LogP contribution is 2.20. The third kappa shape index (κ3) is 7.34. The first-order chi connectivity index (χ1) is 16.1. The maximum atomic E-state index is 6.34. The summed E-state index contributed by atoms with van der Waals surface area (Å²) >= 11 is 11.4. The van der Waals surface area contributed by atoms with Crippen LogP contribution in [0.4, 0.5) is 11.4 Å². The highest BCUT2D eigenvalue weighted by Gasteiger charge is 2.13. The highest BCUT2D eigenvalue weighted by molar-refractivity contribution is 7.80. The first kappa shape index (κ1) is 22.8. The molecule has 4 aromatic rings. The van der Waals surface area contributed by atoms with Gasteiger partial charge in [0.2, 0.25) is 0 Å². The largest absolute Gasteiger partial charge is 0.489 e. The number of anilines is 2. The SMILES string of the molecule is S=C(Nc1ccccc1)Nc1ccc(OC(CCc2ccc(Cl)cc2)Cn2ccnc2)cc1. The van der Waals surface area contributed by atoms with Crippen LogP contribution in [0.25, 0.3) is 0 Å². The molecule has 0 fully saturated rings. The minimum absolute atomic E-state index is 0.00508. The van der Waals surface area contributed by atoms with Crippen LogP contribution in [-0.2, 0) is 13.0 Å². The zero-order valence-electron chi connectivity index (χ0n) is 18.0. The smallest absolute Gasteiger partial charge is 0.175 e. The van der Waals surface area contributed by atoms with E-state index in [1.807, 2.05) is 83.8 Å². The second kappa shape index (κ2) is 11.5. The topological polar surface area (TPSA) is 51.1 Å². The van der Waals surface area contributed by atoms with Crippen molar-refractivity contribution in [1.29, 1.82) is 0 Å². The van der Waals surface area contributed by atoms with Crippen molar-refractivity contribution in [1.82, 2.24) is 9.55 Å². The average Bonchev–Trinajstić information content (AvgIpc) is 3.33. The van der Waals surface area contributed by atoms with Crippen molar-refractivity contribution in [2.75, 3.05) is 10.6 Å². The number of benzene rings is 3. The van der Waals surface area contributed by atoms with Gasteiger partial charge < -0.3 is 19.9 Å². The molecule has 4 rings (SSSR count). The van der Waals surface area contributed by atoms with Crippen molar-refractivity contribution >= 4 is 40.3 Å². The van der Waals surface area contributed by atoms with Crippen molar-refractivity contribution in [3.63, 3.8) is 0 Å². The summed E-state index contributed by atoms with van der Waals surface area (Å²) < 4.78 is 8.38. The Bertz CT molecular complexity index is 1130. The second-order valence-corrected chi connectivity index (χ2v) is 8.48. The number of para-hydroxylation sites is 1. The van der Waals surface area contributed by atoms with Gasteiger partial charge in [0, 0.05) is 28.8 Å². The molecule has 168 valence electrons. The van der Waals surface area contributed by atoms with E-state index >= 15 is 0 Å². The number of imidazole rings is 1. The fourth-order valence-electron chi connectivity index (χ4n) is 3.42. The number of aryl methyl sites for hydroxylation is 1. The van der Waals surface area contributed by atoms with Crippen LogP contribution in [0, 0.1) is 0 Å². The Balaban J connectivity index is 1.35. The van der Waals surface area contributed by atoms with Crippen LogP contribution >= 0.6 is 23.8 Å². The third-order valence-electron chi connectivity index (χ3n) is 5.09. The van der Waals surface area contributed by atoms with Crippen LogP contribution in [0.2, 0.25) is 5.02 Å². The normalized spacial score (nSPS) is 11.5. The summed E-state index contributed by atoms with van der Waals surface area (Å²) in [6.45, 7) is 0.721. The summed E-state index contributed by atoms with van der Waals surface area (Å²) in [5.74, 6) is 0.809. The van der Waals surface area contributed by atoms with Gasteiger partial charge in [0.15, 0.2) is 5.11 Å². The number of halogens is 1. The van der Waals surface area contributed by atoms with E-state index in [2.05, 4.69) is 27.8 Å². The number of rotatable bonds is 9. The molecule has 1 heterocycles. The van der Waals surface area contributed by atoms with Crippen molar-refractivity contribution in [3.8, 4) is 5.75 Å². The van der Waals surface area contributed by atoms with Gasteiger partial charge in [-0.3, -0.25) is 0 Å². The lowest BCUT2D eigenvalue weighted by atomic mass is 10.1. The Kier molecular flexibility index (Phi) is 7.95. The van der Waals surface area contributed by atoms with E-state index in [9.17, 15) is 0 Å². The predicted octanol–water partition coefficient (Wildman–Crippen LogP) is 6.43. The fourth-order valence-corrected chi connectivity index (χ4v) is 3.78. The molecule has 0 aliphatic carbocycles. The molecular formula is C26H25ClN4OS. The number of aromatic nitrogens is 2. The van der Waals surface area contributed by atoms with E-state index in [0.717, 1.165) is 41.5 Å². The van der Waals surface area contributed by atoms with Gasteiger partial charge in [0.05, 0.1) is 12.9 Å². The van der Waals surface area contributed by atoms with Gasteiger partial charge in [-0.05, 0) is 79.2 Å². The molecule has 0 saturated carbocycles. The van der Waals surface area contributed by atoms with E-state index < -0.39 is 0 Å². The summed E-state index contributed by atoms with van der Waals surface area (Å²) in [7, 11) is 0. The standard InChI is InChI=1S/C26H25ClN4OS/c27-21-9-6-20(7-10-21)8-13-25(18-31-17-16-28-19-31)32-24-14-11-23(12-15-24)30-26(33)29-22-4-2-1-3-5-22/h1-7,9-12,14-17,19,25H,8,13,18H2,(H2,29,30,33). The number of ether oxygens (including phenoxy) is 1. The second-order valence-electron chi connectivity index (χ2n) is 7.63. The number of hydrogen-bond donors (Lipinski definition) is 2. The Morgan fingerprint density at radius 1 is 0.939 bits per heavy atom. The van der Waals surface area contributed by atoms with Crippen LogP contribution in [0.1, 0.15) is 12.0 Å². The van der Waals surface area contributed by atoms with Crippen molar-refractivity contribution in [3.05, 3.63) is 108 Å². The van der Waals surface area contributed by atoms with Gasteiger partial charge in [-0.1, -0.05) is 41.9 Å². The molecule has 33 heavy (non-hydrogen) atoms. The molecule has 0 spiro atoms. The third-order valence-corrected chi connectivity index (χ3v) is 5.54. The Morgan fingerprint density at radius 2 is 1.64 bits per heavy atom. The fraction of sp³-hybridized carbons (Fsp3) is 0.154. The Hall–Kier alpha value is -3.35. The van der Waals surface area contributed by atoms with Gasteiger partial charge >= 0.3 is 0 Å². The summed E-state index contributed by atoms with van der Waals surface area (Å²) in [6, 6.07) is 25.6. The molecule has 7 heteroatoms. The summed E-state index contributed by atoms with van der Waals surface area (Å²) in [4.78, 5) is 4.15. The first-order valence-electron chi connectivity index (χ1n) is 10.7. The molecule has 2 N–H and O–H groups in total. The quantitative estimate of drug-likeness (QED) is 0.273. The van der Waals surface area contributed by atoms with Gasteiger partial charge in [-0.25, -0.2) is 4.98 Å². The molecule has 0 amide bonds. The van der Waals surface area contributed by atoms with Crippen LogP contribution in [0.15, 0.2) is 97.6 Å². The Labute approximate surface area is 204 Å². The molecular weight excluding hydrogens is 452 g/mol. The lowest BCUT2D eigenvalue weighted by Crippen LogP contribution is -2.23. The van der Waals surface area contributed by atoms with Crippen molar-refractivity contribution in [2.24, 2.45) is 0 Å². The number of nitrogens with zero attached hydrogens (tertiary/aromatic N) is 2. The summed E-state index contributed by atoms with van der Waals surface area (Å²) in [6.07, 6.45) is 7.30. The lowest BCUT2D eigenvalue weighted by Gasteiger charge is -2.20. The number of hydrogen-bond acceptors (Lipinski definition) is 3. The number of thiocarbonyl (C=S) groups is 1. The first-order valence-corrected chi connectivity index (χ1v) is 11.5. The molecule has 3 aromatic carbocycles. The van der Waals surface area contributed by atoms with E-state index in [-0.39, 0.29) is 6.10 Å². The Morgan fingerprint density at radius 3 is 2.30 bits per heavy atom. The molecule has 1 aromatic heterocycles. The van der Waals surface area contributed by atoms with E-state index in [4.69, 9.17) is 28.6 Å². The summed E-state index contributed by atoms with van der Waals surface area (Å²) in [5.41, 5.74) is 3.07. The van der Waals surface area contributed by atoms with Gasteiger partial charge in [0.25, 0.3) is 0 Å². The number of nitrogens with one attached hydrogen (secondary N) is 2. The van der Waals surface area contributed by atoms with Crippen LogP contribution < -0.4 is 15.4 Å². The summed E-state index contributed by atoms with van der Waals surface area (Å²) in [5, 5.41) is 7.66. The monoisotopic (exact) mass is 476 g/mol. The molecule has 0 radical (unpaired) electrons. The van der Waals surface area contributed by atoms with Crippen molar-refractivity contribution < 1.29 is 4.74 Å². The molecule has 0 saturated heterocycles.